The van der Waals surface area contributed by atoms with Gasteiger partial charge in [0.15, 0.2) is 5.82 Å². The number of fused-ring (bicyclic) bond motifs is 2. The Hall–Kier alpha value is -4.13. The van der Waals surface area contributed by atoms with Crippen molar-refractivity contribution in [1.82, 2.24) is 9.97 Å². The molecule has 0 unspecified atom stereocenters. The summed E-state index contributed by atoms with van der Waals surface area (Å²) in [5.41, 5.74) is 8.31. The minimum absolute atomic E-state index is 0.0803. The first-order valence-electron chi connectivity index (χ1n) is 10.6. The molecule has 10 heteroatoms. The number of pyridine rings is 2. The van der Waals surface area contributed by atoms with Crippen LogP contribution in [-0.4, -0.2) is 40.4 Å². The third-order valence-corrected chi connectivity index (χ3v) is 6.41. The smallest absolute Gasteiger partial charge is 0.413 e. The number of hydrogen-bond acceptors (Lipinski definition) is 7. The molecule has 33 heavy (non-hydrogen) atoms. The van der Waals surface area contributed by atoms with Crippen molar-refractivity contribution in [1.29, 1.82) is 5.26 Å². The van der Waals surface area contributed by atoms with Gasteiger partial charge in [-0.05, 0) is 42.8 Å². The van der Waals surface area contributed by atoms with E-state index in [4.69, 9.17) is 10.5 Å². The van der Waals surface area contributed by atoms with Gasteiger partial charge in [-0.2, -0.15) is 5.26 Å². The Bertz CT molecular complexity index is 1340. The lowest BCUT2D eigenvalue weighted by atomic mass is 9.79. The van der Waals surface area contributed by atoms with Gasteiger partial charge in [0.25, 0.3) is 0 Å². The number of aromatic nitrogens is 2. The summed E-state index contributed by atoms with van der Waals surface area (Å²) in [5, 5.41) is 23.2. The largest absolute Gasteiger partial charge is 0.474 e. The molecule has 1 aliphatic heterocycles. The van der Waals surface area contributed by atoms with Crippen LogP contribution in [0.2, 0.25) is 0 Å². The summed E-state index contributed by atoms with van der Waals surface area (Å²) >= 11 is 0. The number of nitrogen functional groups attached to an aromatic ring is 1. The zero-order chi connectivity index (χ0) is 23.3. The van der Waals surface area contributed by atoms with E-state index in [-0.39, 0.29) is 23.0 Å². The maximum absolute atomic E-state index is 15.3. The lowest BCUT2D eigenvalue weighted by Gasteiger charge is -2.38. The second kappa shape index (κ2) is 7.78. The number of carboxylic acid groups (broad SMARTS) is 1. The summed E-state index contributed by atoms with van der Waals surface area (Å²) < 4.78 is 20.9. The number of ether oxygens (including phenoxy) is 1. The van der Waals surface area contributed by atoms with E-state index in [0.29, 0.717) is 53.9 Å². The van der Waals surface area contributed by atoms with Gasteiger partial charge in [0.05, 0.1) is 23.7 Å². The van der Waals surface area contributed by atoms with Crippen LogP contribution >= 0.6 is 0 Å². The minimum Gasteiger partial charge on any atom is -0.474 e. The average molecular weight is 448 g/mol. The number of amides is 1. The Labute approximate surface area is 188 Å². The maximum Gasteiger partial charge on any atom is 0.413 e. The van der Waals surface area contributed by atoms with Crippen molar-refractivity contribution < 1.29 is 19.0 Å². The van der Waals surface area contributed by atoms with E-state index >= 15 is 4.39 Å². The monoisotopic (exact) mass is 448 g/mol. The summed E-state index contributed by atoms with van der Waals surface area (Å²) in [7, 11) is 0. The number of nitrogens with one attached hydrogen (secondary N) is 1. The van der Waals surface area contributed by atoms with Gasteiger partial charge in [0.2, 0.25) is 5.88 Å². The minimum atomic E-state index is -1.19. The lowest BCUT2D eigenvalue weighted by Crippen LogP contribution is -2.49. The first-order chi connectivity index (χ1) is 15.9. The molecule has 9 nitrogen and oxygen atoms in total. The fourth-order valence-corrected chi connectivity index (χ4v) is 4.46. The van der Waals surface area contributed by atoms with Gasteiger partial charge in [0.1, 0.15) is 18.1 Å². The second-order valence-electron chi connectivity index (χ2n) is 8.20. The Kier molecular flexibility index (Phi) is 4.89. The van der Waals surface area contributed by atoms with E-state index in [1.165, 1.54) is 6.20 Å². The molecule has 168 valence electrons. The van der Waals surface area contributed by atoms with E-state index in [9.17, 15) is 15.2 Å². The van der Waals surface area contributed by atoms with E-state index in [0.717, 1.165) is 10.5 Å². The number of rotatable bonds is 3. The molecule has 1 fully saturated rings. The third kappa shape index (κ3) is 3.24. The van der Waals surface area contributed by atoms with Gasteiger partial charge in [0, 0.05) is 35.5 Å². The summed E-state index contributed by atoms with van der Waals surface area (Å²) in [5.74, 6) is -0.344. The van der Waals surface area contributed by atoms with Gasteiger partial charge >= 0.3 is 6.09 Å². The first-order valence-corrected chi connectivity index (χ1v) is 10.6. The Morgan fingerprint density at radius 2 is 2.15 bits per heavy atom. The zero-order valence-electron chi connectivity index (χ0n) is 17.8. The first kappa shape index (κ1) is 20.8. The predicted molar refractivity (Wildman–Crippen MR) is 121 cm³/mol. The number of hydrogen-bond donors (Lipinski definition) is 3. The van der Waals surface area contributed by atoms with Gasteiger partial charge in [-0.1, -0.05) is 0 Å². The molecule has 2 atom stereocenters. The van der Waals surface area contributed by atoms with Crippen molar-refractivity contribution in [2.75, 3.05) is 29.1 Å². The van der Waals surface area contributed by atoms with Crippen LogP contribution in [0.5, 0.6) is 5.88 Å². The van der Waals surface area contributed by atoms with Crippen LogP contribution in [0.3, 0.4) is 0 Å². The number of nitriles is 1. The maximum atomic E-state index is 15.3. The summed E-state index contributed by atoms with van der Waals surface area (Å²) in [6.07, 6.45) is 2.95. The summed E-state index contributed by atoms with van der Waals surface area (Å²) in [4.78, 5) is 21.6. The van der Waals surface area contributed by atoms with Gasteiger partial charge < -0.3 is 20.9 Å². The number of carbonyl (C=O) groups is 1. The van der Waals surface area contributed by atoms with Crippen molar-refractivity contribution in [3.8, 4) is 23.1 Å². The molecule has 3 heterocycles. The molecule has 2 aliphatic rings. The van der Waals surface area contributed by atoms with Gasteiger partial charge in [-0.25, -0.2) is 19.2 Å². The van der Waals surface area contributed by atoms with Crippen LogP contribution in [0.25, 0.3) is 21.9 Å². The Balaban J connectivity index is 1.64. The number of anilines is 3. The molecular weight excluding hydrogens is 427 g/mol. The molecular formula is C23H21FN6O3. The van der Waals surface area contributed by atoms with Gasteiger partial charge in [-0.15, -0.1) is 0 Å². The molecule has 5 rings (SSSR count). The van der Waals surface area contributed by atoms with Crippen LogP contribution < -0.4 is 20.7 Å². The normalized spacial score (nSPS) is 18.9. The molecule has 0 saturated heterocycles. The number of nitrogens with zero attached hydrogens (tertiary/aromatic N) is 4. The van der Waals surface area contributed by atoms with Crippen LogP contribution in [0.15, 0.2) is 24.5 Å². The van der Waals surface area contributed by atoms with E-state index < -0.39 is 18.0 Å². The SMILES string of the molecule is Cc1c(-c2cc3cc(N(C(=O)O)[C@@H]4CC[C@@H]4C#N)ncc3c(N)c2F)cnc2c1NCCO2. The fraction of sp³-hybridized carbons (Fsp3) is 0.304. The highest BCUT2D eigenvalue weighted by Crippen LogP contribution is 2.40. The lowest BCUT2D eigenvalue weighted by molar-refractivity contribution is 0.188. The van der Waals surface area contributed by atoms with E-state index in [2.05, 4.69) is 21.4 Å². The molecule has 1 amide bonds. The molecule has 2 aromatic heterocycles. The summed E-state index contributed by atoms with van der Waals surface area (Å²) in [6, 6.07) is 4.87. The topological polar surface area (TPSA) is 137 Å². The molecule has 1 aromatic carbocycles. The van der Waals surface area contributed by atoms with E-state index in [1.807, 2.05) is 6.92 Å². The number of nitrogens with two attached hydrogens (primary N) is 1. The number of halogens is 1. The van der Waals surface area contributed by atoms with Crippen LogP contribution in [0.4, 0.5) is 26.4 Å². The van der Waals surface area contributed by atoms with E-state index in [1.54, 1.807) is 18.3 Å². The van der Waals surface area contributed by atoms with Crippen molar-refractivity contribution >= 4 is 34.1 Å². The molecule has 0 radical (unpaired) electrons. The predicted octanol–water partition coefficient (Wildman–Crippen LogP) is 3.92. The Morgan fingerprint density at radius 1 is 1.33 bits per heavy atom. The van der Waals surface area contributed by atoms with Crippen LogP contribution in [-0.2, 0) is 0 Å². The quantitative estimate of drug-likeness (QED) is 0.513. The molecule has 1 saturated carbocycles. The molecule has 0 bridgehead atoms. The molecule has 0 spiro atoms. The van der Waals surface area contributed by atoms with Crippen molar-refractivity contribution in [2.24, 2.45) is 5.92 Å². The molecule has 1 aliphatic carbocycles. The average Bonchev–Trinajstić information content (AvgIpc) is 2.79. The highest BCUT2D eigenvalue weighted by atomic mass is 19.1. The van der Waals surface area contributed by atoms with Crippen molar-refractivity contribution in [2.45, 2.75) is 25.8 Å². The number of benzene rings is 1. The van der Waals surface area contributed by atoms with Gasteiger partial charge in [-0.3, -0.25) is 4.90 Å². The highest BCUT2D eigenvalue weighted by Gasteiger charge is 2.39. The molecule has 3 aromatic rings. The fourth-order valence-electron chi connectivity index (χ4n) is 4.46. The standard InChI is InChI=1S/C23H21FN6O3/c1-11-15(9-29-22-21(11)27-4-5-33-22)14-6-13-7-18(28-10-16(13)20(26)19(14)24)30(23(31)32)17-3-2-12(17)8-25/h6-7,9-10,12,17,27H,2-5,26H2,1H3,(H,31,32)/t12-,17-/m1/s1. The van der Waals surface area contributed by atoms with Crippen LogP contribution in [0.1, 0.15) is 18.4 Å². The molecule has 4 N–H and O–H groups in total. The van der Waals surface area contributed by atoms with Crippen molar-refractivity contribution in [3.63, 3.8) is 0 Å². The third-order valence-electron chi connectivity index (χ3n) is 6.41. The Morgan fingerprint density at radius 3 is 2.85 bits per heavy atom. The zero-order valence-corrected chi connectivity index (χ0v) is 17.8. The van der Waals surface area contributed by atoms with Crippen molar-refractivity contribution in [3.05, 3.63) is 35.9 Å². The summed E-state index contributed by atoms with van der Waals surface area (Å²) in [6.45, 7) is 2.96. The second-order valence-corrected chi connectivity index (χ2v) is 8.20. The van der Waals surface area contributed by atoms with Crippen LogP contribution in [0, 0.1) is 30.0 Å². The highest BCUT2D eigenvalue weighted by molar-refractivity contribution is 6.00.